The van der Waals surface area contributed by atoms with Gasteiger partial charge >= 0.3 is 0 Å². The molecule has 0 aliphatic heterocycles. The summed E-state index contributed by atoms with van der Waals surface area (Å²) in [7, 11) is 0. The summed E-state index contributed by atoms with van der Waals surface area (Å²) in [5, 5.41) is 0. The predicted molar refractivity (Wildman–Crippen MR) is 74.7 cm³/mol. The maximum atomic E-state index is 5.73. The number of hydrogen-bond acceptors (Lipinski definition) is 5. The molecule has 2 aromatic heterocycles. The summed E-state index contributed by atoms with van der Waals surface area (Å²) in [6, 6.07) is 1.98. The molecule has 2 heterocycles. The van der Waals surface area contributed by atoms with Crippen LogP contribution in [-0.2, 0) is 6.61 Å². The van der Waals surface area contributed by atoms with Crippen molar-refractivity contribution in [2.45, 2.75) is 25.4 Å². The Hall–Kier alpha value is -1.69. The normalized spacial score (nSPS) is 14.4. The van der Waals surface area contributed by atoms with Gasteiger partial charge < -0.3 is 10.5 Å². The lowest BCUT2D eigenvalue weighted by Gasteiger charge is -2.10. The highest BCUT2D eigenvalue weighted by molar-refractivity contribution is 9.10. The SMILES string of the molecule is Nc1ncc(Br)nc1OCc1ccncc1C1CC1. The van der Waals surface area contributed by atoms with Crippen LogP contribution in [0.2, 0.25) is 0 Å². The van der Waals surface area contributed by atoms with Gasteiger partial charge in [0, 0.05) is 12.4 Å². The van der Waals surface area contributed by atoms with E-state index in [2.05, 4.69) is 30.9 Å². The molecule has 2 aromatic rings. The smallest absolute Gasteiger partial charge is 0.258 e. The lowest BCUT2D eigenvalue weighted by Crippen LogP contribution is -2.04. The van der Waals surface area contributed by atoms with E-state index in [1.165, 1.54) is 18.4 Å². The zero-order valence-corrected chi connectivity index (χ0v) is 11.8. The zero-order chi connectivity index (χ0) is 13.2. The van der Waals surface area contributed by atoms with Crippen LogP contribution in [0.1, 0.15) is 29.9 Å². The van der Waals surface area contributed by atoms with Gasteiger partial charge in [0.1, 0.15) is 11.2 Å². The number of nitrogens with zero attached hydrogens (tertiary/aromatic N) is 3. The third-order valence-corrected chi connectivity index (χ3v) is 3.45. The number of nitrogen functional groups attached to an aromatic ring is 1. The third-order valence-electron chi connectivity index (χ3n) is 3.07. The Bertz CT molecular complexity index is 601. The Labute approximate surface area is 119 Å². The van der Waals surface area contributed by atoms with E-state index >= 15 is 0 Å². The molecule has 1 fully saturated rings. The molecule has 0 amide bonds. The molecule has 0 aromatic carbocycles. The van der Waals surface area contributed by atoms with Crippen LogP contribution >= 0.6 is 15.9 Å². The van der Waals surface area contributed by atoms with Crippen molar-refractivity contribution in [2.75, 3.05) is 5.73 Å². The van der Waals surface area contributed by atoms with Crippen LogP contribution in [-0.4, -0.2) is 15.0 Å². The minimum atomic E-state index is 0.297. The first-order chi connectivity index (χ1) is 9.24. The summed E-state index contributed by atoms with van der Waals surface area (Å²) in [6.45, 7) is 0.434. The quantitative estimate of drug-likeness (QED) is 0.937. The lowest BCUT2D eigenvalue weighted by molar-refractivity contribution is 0.292. The lowest BCUT2D eigenvalue weighted by atomic mass is 10.1. The van der Waals surface area contributed by atoms with Gasteiger partial charge in [-0.3, -0.25) is 4.98 Å². The molecule has 3 rings (SSSR count). The second-order valence-corrected chi connectivity index (χ2v) is 5.33. The molecule has 0 radical (unpaired) electrons. The summed E-state index contributed by atoms with van der Waals surface area (Å²) in [5.74, 6) is 1.29. The highest BCUT2D eigenvalue weighted by Crippen LogP contribution is 2.41. The first kappa shape index (κ1) is 12.3. The van der Waals surface area contributed by atoms with Gasteiger partial charge in [0.05, 0.1) is 6.20 Å². The molecule has 1 aliphatic rings. The Morgan fingerprint density at radius 1 is 1.37 bits per heavy atom. The van der Waals surface area contributed by atoms with Gasteiger partial charge in [0.2, 0.25) is 0 Å². The molecule has 1 saturated carbocycles. The van der Waals surface area contributed by atoms with Gasteiger partial charge in [-0.25, -0.2) is 9.97 Å². The molecule has 1 aliphatic carbocycles. The van der Waals surface area contributed by atoms with Gasteiger partial charge in [0.15, 0.2) is 5.82 Å². The van der Waals surface area contributed by atoms with Crippen molar-refractivity contribution in [3.8, 4) is 5.88 Å². The van der Waals surface area contributed by atoms with E-state index in [0.717, 1.165) is 5.56 Å². The number of ether oxygens (including phenoxy) is 1. The van der Waals surface area contributed by atoms with Crippen LogP contribution in [0.5, 0.6) is 5.88 Å². The molecule has 5 nitrogen and oxygen atoms in total. The van der Waals surface area contributed by atoms with E-state index in [-0.39, 0.29) is 0 Å². The molecule has 6 heteroatoms. The van der Waals surface area contributed by atoms with Crippen LogP contribution in [0.4, 0.5) is 5.82 Å². The van der Waals surface area contributed by atoms with Gasteiger partial charge in [-0.2, -0.15) is 0 Å². The molecule has 19 heavy (non-hydrogen) atoms. The zero-order valence-electron chi connectivity index (χ0n) is 10.2. The number of anilines is 1. The highest BCUT2D eigenvalue weighted by atomic mass is 79.9. The van der Waals surface area contributed by atoms with Gasteiger partial charge in [-0.05, 0) is 51.9 Å². The van der Waals surface area contributed by atoms with E-state index in [9.17, 15) is 0 Å². The van der Waals surface area contributed by atoms with E-state index in [0.29, 0.717) is 28.8 Å². The van der Waals surface area contributed by atoms with Crippen LogP contribution < -0.4 is 10.5 Å². The monoisotopic (exact) mass is 320 g/mol. The molecular formula is C13H13BrN4O. The number of rotatable bonds is 4. The van der Waals surface area contributed by atoms with Gasteiger partial charge in [-0.1, -0.05) is 0 Å². The van der Waals surface area contributed by atoms with Crippen molar-refractivity contribution < 1.29 is 4.74 Å². The third kappa shape index (κ3) is 2.84. The van der Waals surface area contributed by atoms with E-state index in [1.54, 1.807) is 12.4 Å². The first-order valence-corrected chi connectivity index (χ1v) is 6.87. The molecule has 0 bridgehead atoms. The number of halogens is 1. The molecule has 0 atom stereocenters. The molecule has 2 N–H and O–H groups in total. The largest absolute Gasteiger partial charge is 0.470 e. The Balaban J connectivity index is 1.77. The number of pyridine rings is 1. The molecule has 98 valence electrons. The summed E-state index contributed by atoms with van der Waals surface area (Å²) in [5.41, 5.74) is 8.14. The van der Waals surface area contributed by atoms with Crippen molar-refractivity contribution in [1.82, 2.24) is 15.0 Å². The fraction of sp³-hybridized carbons (Fsp3) is 0.308. The van der Waals surface area contributed by atoms with Crippen LogP contribution in [0.25, 0.3) is 0 Å². The van der Waals surface area contributed by atoms with Crippen molar-refractivity contribution in [3.63, 3.8) is 0 Å². The Kier molecular flexibility index (Phi) is 3.33. The molecule has 0 unspecified atom stereocenters. The van der Waals surface area contributed by atoms with Gasteiger partial charge in [0.25, 0.3) is 5.88 Å². The summed E-state index contributed by atoms with van der Waals surface area (Å²) in [4.78, 5) is 12.3. The predicted octanol–water partition coefficient (Wildman–Crippen LogP) is 2.67. The summed E-state index contributed by atoms with van der Waals surface area (Å²) < 4.78 is 6.27. The van der Waals surface area contributed by atoms with E-state index < -0.39 is 0 Å². The van der Waals surface area contributed by atoms with Crippen molar-refractivity contribution >= 4 is 21.7 Å². The average molecular weight is 321 g/mol. The summed E-state index contributed by atoms with van der Waals surface area (Å²) >= 11 is 3.25. The minimum Gasteiger partial charge on any atom is -0.470 e. The Morgan fingerprint density at radius 3 is 3.00 bits per heavy atom. The molecule has 0 spiro atoms. The highest BCUT2D eigenvalue weighted by Gasteiger charge is 2.26. The van der Waals surface area contributed by atoms with Crippen LogP contribution in [0.3, 0.4) is 0 Å². The Morgan fingerprint density at radius 2 is 2.21 bits per heavy atom. The molecule has 0 saturated heterocycles. The van der Waals surface area contributed by atoms with E-state index in [1.807, 2.05) is 12.3 Å². The number of aromatic nitrogens is 3. The first-order valence-electron chi connectivity index (χ1n) is 6.07. The van der Waals surface area contributed by atoms with Gasteiger partial charge in [-0.15, -0.1) is 0 Å². The summed E-state index contributed by atoms with van der Waals surface area (Å²) in [6.07, 6.45) is 7.71. The van der Waals surface area contributed by atoms with Crippen molar-refractivity contribution in [1.29, 1.82) is 0 Å². The minimum absolute atomic E-state index is 0.297. The second-order valence-electron chi connectivity index (χ2n) is 4.52. The second kappa shape index (κ2) is 5.13. The van der Waals surface area contributed by atoms with Crippen LogP contribution in [0.15, 0.2) is 29.3 Å². The maximum absolute atomic E-state index is 5.73. The van der Waals surface area contributed by atoms with E-state index in [4.69, 9.17) is 10.5 Å². The number of hydrogen-bond donors (Lipinski definition) is 1. The fourth-order valence-electron chi connectivity index (χ4n) is 1.94. The number of nitrogens with two attached hydrogens (primary N) is 1. The molecular weight excluding hydrogens is 308 g/mol. The van der Waals surface area contributed by atoms with Crippen LogP contribution in [0, 0.1) is 0 Å². The topological polar surface area (TPSA) is 73.9 Å². The van der Waals surface area contributed by atoms with Crippen molar-refractivity contribution in [3.05, 3.63) is 40.4 Å². The maximum Gasteiger partial charge on any atom is 0.258 e. The standard InChI is InChI=1S/C13H13BrN4O/c14-11-6-17-12(15)13(18-11)19-7-9-3-4-16-5-10(9)8-1-2-8/h3-6,8H,1-2,7H2,(H2,15,17). The average Bonchev–Trinajstić information content (AvgIpc) is 3.25. The van der Waals surface area contributed by atoms with Crippen molar-refractivity contribution in [2.24, 2.45) is 0 Å². The fourth-order valence-corrected chi connectivity index (χ4v) is 2.21.